The molecule has 0 aliphatic carbocycles. The minimum atomic E-state index is -0.0554. The third-order valence-electron chi connectivity index (χ3n) is 4.21. The van der Waals surface area contributed by atoms with E-state index in [0.29, 0.717) is 26.2 Å². The van der Waals surface area contributed by atoms with Gasteiger partial charge in [0, 0.05) is 18.4 Å². The Bertz CT molecular complexity index is 782. The first-order valence-corrected chi connectivity index (χ1v) is 9.34. The third-order valence-corrected chi connectivity index (χ3v) is 5.50. The van der Waals surface area contributed by atoms with E-state index in [0.717, 1.165) is 34.2 Å². The van der Waals surface area contributed by atoms with Crippen molar-refractivity contribution in [2.45, 2.75) is 25.3 Å². The van der Waals surface area contributed by atoms with Gasteiger partial charge < -0.3 is 14.4 Å². The molecule has 3 heterocycles. The van der Waals surface area contributed by atoms with Gasteiger partial charge in [0.25, 0.3) is 0 Å². The summed E-state index contributed by atoms with van der Waals surface area (Å²) in [5, 5.41) is -0.0554. The molecule has 0 N–H and O–H groups in total. The molecule has 0 bridgehead atoms. The summed E-state index contributed by atoms with van der Waals surface area (Å²) >= 11 is 1.76. The number of carbonyl (C=O) groups is 1. The van der Waals surface area contributed by atoms with Crippen molar-refractivity contribution in [3.8, 4) is 11.5 Å². The van der Waals surface area contributed by atoms with Gasteiger partial charge in [-0.15, -0.1) is 11.8 Å². The van der Waals surface area contributed by atoms with Crippen molar-refractivity contribution in [3.05, 3.63) is 47.5 Å². The summed E-state index contributed by atoms with van der Waals surface area (Å²) in [6, 6.07) is 5.92. The van der Waals surface area contributed by atoms with Gasteiger partial charge >= 0.3 is 0 Å². The molecule has 25 heavy (non-hydrogen) atoms. The molecule has 2 aromatic rings. The first-order valence-electron chi connectivity index (χ1n) is 8.29. The van der Waals surface area contributed by atoms with Crippen LogP contribution >= 0.6 is 11.8 Å². The zero-order valence-electron chi connectivity index (χ0n) is 14.0. The van der Waals surface area contributed by atoms with Crippen LogP contribution in [0, 0.1) is 6.92 Å². The van der Waals surface area contributed by atoms with E-state index in [-0.39, 0.29) is 11.3 Å². The van der Waals surface area contributed by atoms with E-state index in [1.807, 2.05) is 30.0 Å². The minimum absolute atomic E-state index is 0.0554. The number of rotatable bonds is 3. The molecule has 1 saturated heterocycles. The van der Waals surface area contributed by atoms with Crippen LogP contribution in [0.5, 0.6) is 11.5 Å². The van der Waals surface area contributed by atoms with Crippen LogP contribution in [-0.4, -0.2) is 39.7 Å². The van der Waals surface area contributed by atoms with E-state index >= 15 is 0 Å². The second-order valence-corrected chi connectivity index (χ2v) is 7.24. The molecule has 7 heteroatoms. The van der Waals surface area contributed by atoms with E-state index in [9.17, 15) is 4.79 Å². The Hall–Kier alpha value is -2.28. The average Bonchev–Trinajstić information content (AvgIpc) is 2.65. The molecule has 1 unspecified atom stereocenters. The van der Waals surface area contributed by atoms with Crippen molar-refractivity contribution >= 4 is 17.7 Å². The van der Waals surface area contributed by atoms with Crippen molar-refractivity contribution in [1.29, 1.82) is 0 Å². The highest BCUT2D eigenvalue weighted by molar-refractivity contribution is 7.99. The highest BCUT2D eigenvalue weighted by Gasteiger charge is 2.31. The first kappa shape index (κ1) is 16.2. The number of aromatic nitrogens is 2. The van der Waals surface area contributed by atoms with Crippen molar-refractivity contribution in [3.63, 3.8) is 0 Å². The summed E-state index contributed by atoms with van der Waals surface area (Å²) in [6.45, 7) is 3.48. The summed E-state index contributed by atoms with van der Waals surface area (Å²) in [7, 11) is 0. The summed E-state index contributed by atoms with van der Waals surface area (Å²) < 4.78 is 11.3. The van der Waals surface area contributed by atoms with Gasteiger partial charge in [-0.05, 0) is 24.6 Å². The molecule has 0 radical (unpaired) electrons. The monoisotopic (exact) mass is 357 g/mol. The molecule has 1 aromatic heterocycles. The number of thioether (sulfide) groups is 1. The van der Waals surface area contributed by atoms with Crippen LogP contribution in [0.2, 0.25) is 0 Å². The molecule has 1 atom stereocenters. The number of amides is 1. The van der Waals surface area contributed by atoms with Gasteiger partial charge in [0.05, 0.1) is 24.1 Å². The van der Waals surface area contributed by atoms with Crippen LogP contribution in [0.4, 0.5) is 0 Å². The molecule has 0 saturated carbocycles. The quantitative estimate of drug-likeness (QED) is 0.842. The Labute approximate surface area is 150 Å². The van der Waals surface area contributed by atoms with Gasteiger partial charge in [-0.2, -0.15) is 0 Å². The van der Waals surface area contributed by atoms with Crippen LogP contribution in [0.15, 0.2) is 30.6 Å². The van der Waals surface area contributed by atoms with Crippen LogP contribution in [0.25, 0.3) is 0 Å². The second kappa shape index (κ2) is 6.92. The zero-order chi connectivity index (χ0) is 17.2. The van der Waals surface area contributed by atoms with Crippen LogP contribution in [-0.2, 0) is 11.3 Å². The molecule has 1 fully saturated rings. The number of nitrogens with zero attached hydrogens (tertiary/aromatic N) is 3. The van der Waals surface area contributed by atoms with Gasteiger partial charge in [-0.25, -0.2) is 0 Å². The summed E-state index contributed by atoms with van der Waals surface area (Å²) in [4.78, 5) is 23.1. The molecule has 1 aromatic carbocycles. The molecule has 4 rings (SSSR count). The van der Waals surface area contributed by atoms with E-state index in [2.05, 4.69) is 9.97 Å². The predicted molar refractivity (Wildman–Crippen MR) is 94.6 cm³/mol. The third kappa shape index (κ3) is 3.42. The maximum atomic E-state index is 12.5. The number of carbonyl (C=O) groups excluding carboxylic acids is 1. The Morgan fingerprint density at radius 3 is 2.84 bits per heavy atom. The Balaban J connectivity index is 1.61. The number of hydrogen-bond donors (Lipinski definition) is 0. The average molecular weight is 357 g/mol. The SMILES string of the molecule is Cc1cnc(CN2C(=O)CCSC2c2ccc3c(c2)OCCO3)cn1. The fourth-order valence-electron chi connectivity index (χ4n) is 2.96. The summed E-state index contributed by atoms with van der Waals surface area (Å²) in [6.07, 6.45) is 4.02. The molecular weight excluding hydrogens is 338 g/mol. The topological polar surface area (TPSA) is 64.6 Å². The van der Waals surface area contributed by atoms with Gasteiger partial charge in [-0.1, -0.05) is 6.07 Å². The maximum Gasteiger partial charge on any atom is 0.224 e. The highest BCUT2D eigenvalue weighted by atomic mass is 32.2. The zero-order valence-corrected chi connectivity index (χ0v) is 14.8. The largest absolute Gasteiger partial charge is 0.486 e. The Morgan fingerprint density at radius 1 is 1.20 bits per heavy atom. The molecule has 130 valence electrons. The minimum Gasteiger partial charge on any atom is -0.486 e. The lowest BCUT2D eigenvalue weighted by molar-refractivity contribution is -0.132. The number of fused-ring (bicyclic) bond motifs is 1. The first-order chi connectivity index (χ1) is 12.2. The standard InChI is InChI=1S/C18H19N3O3S/c1-12-9-20-14(10-19-12)11-21-17(22)4-7-25-18(21)13-2-3-15-16(8-13)24-6-5-23-15/h2-3,8-10,18H,4-7,11H2,1H3. The molecule has 1 amide bonds. The van der Waals surface area contributed by atoms with E-state index in [1.165, 1.54) is 0 Å². The molecule has 6 nitrogen and oxygen atoms in total. The highest BCUT2D eigenvalue weighted by Crippen LogP contribution is 2.41. The van der Waals surface area contributed by atoms with E-state index in [4.69, 9.17) is 9.47 Å². The number of benzene rings is 1. The number of ether oxygens (including phenoxy) is 2. The molecule has 2 aliphatic rings. The van der Waals surface area contributed by atoms with Crippen molar-refractivity contribution in [2.24, 2.45) is 0 Å². The number of hydrogen-bond acceptors (Lipinski definition) is 6. The Kier molecular flexibility index (Phi) is 4.48. The molecular formula is C18H19N3O3S. The van der Waals surface area contributed by atoms with Crippen LogP contribution in [0.3, 0.4) is 0 Å². The van der Waals surface area contributed by atoms with E-state index < -0.39 is 0 Å². The van der Waals surface area contributed by atoms with Crippen molar-refractivity contribution in [2.75, 3.05) is 19.0 Å². The maximum absolute atomic E-state index is 12.5. The smallest absolute Gasteiger partial charge is 0.224 e. The lowest BCUT2D eigenvalue weighted by Crippen LogP contribution is -2.37. The molecule has 2 aliphatic heterocycles. The van der Waals surface area contributed by atoms with E-state index in [1.54, 1.807) is 24.2 Å². The normalized spacial score (nSPS) is 19.8. The van der Waals surface area contributed by atoms with Crippen LogP contribution in [0.1, 0.15) is 28.7 Å². The van der Waals surface area contributed by atoms with Crippen molar-refractivity contribution < 1.29 is 14.3 Å². The van der Waals surface area contributed by atoms with Crippen LogP contribution < -0.4 is 9.47 Å². The fraction of sp³-hybridized carbons (Fsp3) is 0.389. The van der Waals surface area contributed by atoms with Gasteiger partial charge in [-0.3, -0.25) is 14.8 Å². The lowest BCUT2D eigenvalue weighted by Gasteiger charge is -2.35. The predicted octanol–water partition coefficient (Wildman–Crippen LogP) is 2.72. The number of aryl methyl sites for hydroxylation is 1. The van der Waals surface area contributed by atoms with Gasteiger partial charge in [0.15, 0.2) is 11.5 Å². The van der Waals surface area contributed by atoms with Gasteiger partial charge in [0.1, 0.15) is 18.6 Å². The van der Waals surface area contributed by atoms with Crippen molar-refractivity contribution in [1.82, 2.24) is 14.9 Å². The second-order valence-electron chi connectivity index (χ2n) is 6.05. The fourth-order valence-corrected chi connectivity index (χ4v) is 4.19. The molecule has 0 spiro atoms. The lowest BCUT2D eigenvalue weighted by atomic mass is 10.1. The van der Waals surface area contributed by atoms with Gasteiger partial charge in [0.2, 0.25) is 5.91 Å². The summed E-state index contributed by atoms with van der Waals surface area (Å²) in [5.41, 5.74) is 2.71. The summed E-state index contributed by atoms with van der Waals surface area (Å²) in [5.74, 6) is 2.46. The Morgan fingerprint density at radius 2 is 2.04 bits per heavy atom.